The number of aromatic nitrogens is 2. The second-order valence-corrected chi connectivity index (χ2v) is 9.06. The SMILES string of the molecule is Cc1nccn1Cc1cccc(C(=O)N2CCC[C@]3(CC2)CN(c2ccc(F)cc2)C(=O)O3)c1. The number of ether oxygens (including phenoxy) is 1. The third-order valence-corrected chi connectivity index (χ3v) is 6.74. The van der Waals surface area contributed by atoms with Crippen molar-refractivity contribution in [2.75, 3.05) is 24.5 Å². The lowest BCUT2D eigenvalue weighted by Gasteiger charge is -2.25. The van der Waals surface area contributed by atoms with Crippen LogP contribution in [0.15, 0.2) is 60.9 Å². The summed E-state index contributed by atoms with van der Waals surface area (Å²) in [6, 6.07) is 13.5. The van der Waals surface area contributed by atoms with E-state index in [1.165, 1.54) is 12.1 Å². The van der Waals surface area contributed by atoms with E-state index in [-0.39, 0.29) is 11.7 Å². The number of halogens is 1. The summed E-state index contributed by atoms with van der Waals surface area (Å²) in [5, 5.41) is 0. The van der Waals surface area contributed by atoms with Crippen molar-refractivity contribution in [3.05, 3.63) is 83.7 Å². The molecule has 7 nitrogen and oxygen atoms in total. The van der Waals surface area contributed by atoms with Crippen molar-refractivity contribution in [2.45, 2.75) is 38.3 Å². The van der Waals surface area contributed by atoms with Crippen molar-refractivity contribution < 1.29 is 18.7 Å². The van der Waals surface area contributed by atoms with Crippen molar-refractivity contribution in [3.63, 3.8) is 0 Å². The molecule has 176 valence electrons. The second kappa shape index (κ2) is 8.93. The zero-order chi connectivity index (χ0) is 23.7. The van der Waals surface area contributed by atoms with Crippen LogP contribution < -0.4 is 4.90 Å². The predicted octanol–water partition coefficient (Wildman–Crippen LogP) is 4.40. The first-order chi connectivity index (χ1) is 16.4. The van der Waals surface area contributed by atoms with E-state index in [2.05, 4.69) is 4.98 Å². The summed E-state index contributed by atoms with van der Waals surface area (Å²) in [7, 11) is 0. The number of rotatable bonds is 4. The Kier molecular flexibility index (Phi) is 5.81. The molecule has 2 aliphatic rings. The molecule has 8 heteroatoms. The van der Waals surface area contributed by atoms with Gasteiger partial charge < -0.3 is 14.2 Å². The molecule has 1 atom stereocenters. The van der Waals surface area contributed by atoms with Crippen LogP contribution in [0, 0.1) is 12.7 Å². The van der Waals surface area contributed by atoms with E-state index in [1.807, 2.05) is 46.9 Å². The van der Waals surface area contributed by atoms with E-state index in [0.717, 1.165) is 17.8 Å². The van der Waals surface area contributed by atoms with Gasteiger partial charge in [-0.3, -0.25) is 9.69 Å². The van der Waals surface area contributed by atoms with E-state index in [0.29, 0.717) is 50.3 Å². The van der Waals surface area contributed by atoms with Gasteiger partial charge in [-0.25, -0.2) is 14.2 Å². The lowest BCUT2D eigenvalue weighted by atomic mass is 9.95. The number of imidazole rings is 1. The van der Waals surface area contributed by atoms with Crippen LogP contribution in [0.3, 0.4) is 0 Å². The normalized spacial score (nSPS) is 20.5. The Hall–Kier alpha value is -3.68. The van der Waals surface area contributed by atoms with Crippen molar-refractivity contribution >= 4 is 17.7 Å². The van der Waals surface area contributed by atoms with Crippen LogP contribution in [0.1, 0.15) is 41.0 Å². The molecule has 2 aliphatic heterocycles. The molecule has 0 radical (unpaired) electrons. The maximum atomic E-state index is 13.3. The molecule has 0 unspecified atom stereocenters. The topological polar surface area (TPSA) is 67.7 Å². The number of amides is 2. The first-order valence-electron chi connectivity index (χ1n) is 11.5. The van der Waals surface area contributed by atoms with Gasteiger partial charge in [0.25, 0.3) is 5.91 Å². The van der Waals surface area contributed by atoms with Crippen LogP contribution >= 0.6 is 0 Å². The van der Waals surface area contributed by atoms with E-state index in [4.69, 9.17) is 4.74 Å². The quantitative estimate of drug-likeness (QED) is 0.576. The number of nitrogens with zero attached hydrogens (tertiary/aromatic N) is 4. The highest BCUT2D eigenvalue weighted by atomic mass is 19.1. The lowest BCUT2D eigenvalue weighted by Crippen LogP contribution is -2.37. The predicted molar refractivity (Wildman–Crippen MR) is 125 cm³/mol. The number of hydrogen-bond donors (Lipinski definition) is 0. The summed E-state index contributed by atoms with van der Waals surface area (Å²) in [5.41, 5.74) is 1.67. The maximum absolute atomic E-state index is 13.3. The largest absolute Gasteiger partial charge is 0.441 e. The molecule has 2 fully saturated rings. The van der Waals surface area contributed by atoms with E-state index >= 15 is 0 Å². The van der Waals surface area contributed by atoms with E-state index < -0.39 is 11.7 Å². The Morgan fingerprint density at radius 3 is 2.74 bits per heavy atom. The van der Waals surface area contributed by atoms with Gasteiger partial charge in [-0.1, -0.05) is 12.1 Å². The highest BCUT2D eigenvalue weighted by Gasteiger charge is 2.46. The number of likely N-dealkylation sites (tertiary alicyclic amines) is 1. The molecule has 34 heavy (non-hydrogen) atoms. The average Bonchev–Trinajstić information content (AvgIpc) is 3.31. The molecule has 1 spiro atoms. The minimum absolute atomic E-state index is 0.0130. The summed E-state index contributed by atoms with van der Waals surface area (Å²) < 4.78 is 21.2. The molecular weight excluding hydrogens is 435 g/mol. The maximum Gasteiger partial charge on any atom is 0.415 e. The summed E-state index contributed by atoms with van der Waals surface area (Å²) in [6.45, 7) is 4.13. The number of carbonyl (C=O) groups is 2. The summed E-state index contributed by atoms with van der Waals surface area (Å²) >= 11 is 0. The fraction of sp³-hybridized carbons (Fsp3) is 0.346. The van der Waals surface area contributed by atoms with Gasteiger partial charge in [-0.15, -0.1) is 0 Å². The molecule has 2 saturated heterocycles. The van der Waals surface area contributed by atoms with Crippen LogP contribution in [-0.4, -0.2) is 51.7 Å². The zero-order valence-electron chi connectivity index (χ0n) is 19.1. The molecule has 0 N–H and O–H groups in total. The Morgan fingerprint density at radius 1 is 1.15 bits per heavy atom. The Balaban J connectivity index is 1.26. The lowest BCUT2D eigenvalue weighted by molar-refractivity contribution is 0.0438. The number of carbonyl (C=O) groups excluding carboxylic acids is 2. The number of benzene rings is 2. The molecule has 2 amide bonds. The minimum Gasteiger partial charge on any atom is -0.441 e. The summed E-state index contributed by atoms with van der Waals surface area (Å²) in [5.74, 6) is 0.565. The van der Waals surface area contributed by atoms with Gasteiger partial charge in [0.1, 0.15) is 17.2 Å². The molecule has 0 aliphatic carbocycles. The zero-order valence-corrected chi connectivity index (χ0v) is 19.1. The standard InChI is InChI=1S/C26H27FN4O3/c1-19-28-12-15-30(19)17-20-4-2-5-21(16-20)24(32)29-13-3-10-26(11-14-29)18-31(25(33)34-26)23-8-6-22(27)7-9-23/h2,4-9,12,15-16H,3,10-11,13-14,17-18H2,1H3/t26-/m0/s1. The third kappa shape index (κ3) is 4.40. The monoisotopic (exact) mass is 462 g/mol. The van der Waals surface area contributed by atoms with Gasteiger partial charge in [-0.05, 0) is 61.7 Å². The van der Waals surface area contributed by atoms with Crippen LogP contribution in [0.25, 0.3) is 0 Å². The summed E-state index contributed by atoms with van der Waals surface area (Å²) in [4.78, 5) is 33.6. The third-order valence-electron chi connectivity index (χ3n) is 6.74. The van der Waals surface area contributed by atoms with Gasteiger partial charge >= 0.3 is 6.09 Å². The van der Waals surface area contributed by atoms with Crippen LogP contribution in [0.5, 0.6) is 0 Å². The van der Waals surface area contributed by atoms with Crippen LogP contribution in [0.2, 0.25) is 0 Å². The minimum atomic E-state index is -0.638. The first kappa shape index (κ1) is 22.1. The van der Waals surface area contributed by atoms with Gasteiger partial charge in [0, 0.05) is 49.7 Å². The molecular formula is C26H27FN4O3. The molecule has 0 bridgehead atoms. The summed E-state index contributed by atoms with van der Waals surface area (Å²) in [6.07, 6.45) is 5.26. The Bertz CT molecular complexity index is 1210. The number of aryl methyl sites for hydroxylation is 1. The van der Waals surface area contributed by atoms with Crippen molar-refractivity contribution in [1.82, 2.24) is 14.5 Å². The molecule has 2 aromatic carbocycles. The van der Waals surface area contributed by atoms with E-state index in [1.54, 1.807) is 23.2 Å². The number of hydrogen-bond acceptors (Lipinski definition) is 4. The van der Waals surface area contributed by atoms with Gasteiger partial charge in [-0.2, -0.15) is 0 Å². The molecule has 1 aromatic heterocycles. The molecule has 5 rings (SSSR count). The number of anilines is 1. The average molecular weight is 463 g/mol. The Morgan fingerprint density at radius 2 is 1.97 bits per heavy atom. The van der Waals surface area contributed by atoms with Crippen molar-refractivity contribution in [2.24, 2.45) is 0 Å². The fourth-order valence-corrected chi connectivity index (χ4v) is 4.83. The second-order valence-electron chi connectivity index (χ2n) is 9.06. The highest BCUT2D eigenvalue weighted by Crippen LogP contribution is 2.36. The molecule has 3 aromatic rings. The highest BCUT2D eigenvalue weighted by molar-refractivity contribution is 5.94. The fourth-order valence-electron chi connectivity index (χ4n) is 4.83. The Labute approximate surface area is 197 Å². The van der Waals surface area contributed by atoms with Crippen LogP contribution in [-0.2, 0) is 11.3 Å². The molecule has 3 heterocycles. The van der Waals surface area contributed by atoms with Gasteiger partial charge in [0.15, 0.2) is 0 Å². The first-order valence-corrected chi connectivity index (χ1v) is 11.5. The van der Waals surface area contributed by atoms with E-state index in [9.17, 15) is 14.0 Å². The van der Waals surface area contributed by atoms with Crippen LogP contribution in [0.4, 0.5) is 14.9 Å². The smallest absolute Gasteiger partial charge is 0.415 e. The van der Waals surface area contributed by atoms with Crippen molar-refractivity contribution in [1.29, 1.82) is 0 Å². The van der Waals surface area contributed by atoms with Crippen molar-refractivity contribution in [3.8, 4) is 0 Å². The molecule has 0 saturated carbocycles. The van der Waals surface area contributed by atoms with Gasteiger partial charge in [0.2, 0.25) is 0 Å². The van der Waals surface area contributed by atoms with Gasteiger partial charge in [0.05, 0.1) is 6.54 Å².